The third-order valence-electron chi connectivity index (χ3n) is 5.33. The van der Waals surface area contributed by atoms with Gasteiger partial charge in [-0.3, -0.25) is 14.5 Å². The molecule has 3 rings (SSSR count). The zero-order valence-electron chi connectivity index (χ0n) is 19.1. The van der Waals surface area contributed by atoms with Crippen LogP contribution in [0.1, 0.15) is 78.3 Å². The SMILES string of the molecule is CC(C)(C)OC(=O)NCc1ccc(CCCCCCN2C(=O)c3ccccc3C2=O)cc1. The van der Waals surface area contributed by atoms with Crippen molar-refractivity contribution >= 4 is 17.9 Å². The van der Waals surface area contributed by atoms with E-state index < -0.39 is 11.7 Å². The number of hydrogen-bond acceptors (Lipinski definition) is 4. The van der Waals surface area contributed by atoms with Crippen LogP contribution in [-0.2, 0) is 17.7 Å². The second-order valence-electron chi connectivity index (χ2n) is 9.14. The fourth-order valence-corrected chi connectivity index (χ4v) is 3.71. The smallest absolute Gasteiger partial charge is 0.407 e. The fraction of sp³-hybridized carbons (Fsp3) is 0.423. The van der Waals surface area contributed by atoms with Gasteiger partial charge in [0, 0.05) is 13.1 Å². The number of rotatable bonds is 9. The number of alkyl carbamates (subject to hydrolysis) is 1. The maximum absolute atomic E-state index is 12.4. The van der Waals surface area contributed by atoms with Crippen LogP contribution in [0, 0.1) is 0 Å². The Morgan fingerprint density at radius 1 is 0.844 bits per heavy atom. The van der Waals surface area contributed by atoms with Gasteiger partial charge in [0.25, 0.3) is 11.8 Å². The minimum absolute atomic E-state index is 0.174. The Kier molecular flexibility index (Phi) is 7.67. The Hall–Kier alpha value is -3.15. The summed E-state index contributed by atoms with van der Waals surface area (Å²) in [6.07, 6.45) is 4.46. The summed E-state index contributed by atoms with van der Waals surface area (Å²) >= 11 is 0. The van der Waals surface area contributed by atoms with Crippen LogP contribution in [0.5, 0.6) is 0 Å². The first-order valence-electron chi connectivity index (χ1n) is 11.2. The first-order chi connectivity index (χ1) is 15.2. The highest BCUT2D eigenvalue weighted by molar-refractivity contribution is 6.21. The molecule has 1 N–H and O–H groups in total. The molecule has 0 unspecified atom stereocenters. The second-order valence-corrected chi connectivity index (χ2v) is 9.14. The van der Waals surface area contributed by atoms with E-state index in [1.165, 1.54) is 10.5 Å². The molecule has 0 spiro atoms. The summed E-state index contributed by atoms with van der Waals surface area (Å²) in [5, 5.41) is 2.76. The quantitative estimate of drug-likeness (QED) is 0.438. The van der Waals surface area contributed by atoms with E-state index in [4.69, 9.17) is 4.74 Å². The molecular formula is C26H32N2O4. The number of carbonyl (C=O) groups is 3. The molecule has 2 aromatic carbocycles. The van der Waals surface area contributed by atoms with E-state index in [1.54, 1.807) is 24.3 Å². The molecule has 0 radical (unpaired) electrons. The summed E-state index contributed by atoms with van der Waals surface area (Å²) in [7, 11) is 0. The normalized spacial score (nSPS) is 13.3. The molecule has 0 aromatic heterocycles. The van der Waals surface area contributed by atoms with Gasteiger partial charge < -0.3 is 10.1 Å². The molecule has 1 aliphatic heterocycles. The van der Waals surface area contributed by atoms with Crippen molar-refractivity contribution in [3.8, 4) is 0 Å². The number of unbranched alkanes of at least 4 members (excludes halogenated alkanes) is 3. The maximum atomic E-state index is 12.4. The lowest BCUT2D eigenvalue weighted by Crippen LogP contribution is -2.32. The Labute approximate surface area is 189 Å². The van der Waals surface area contributed by atoms with Crippen LogP contribution in [0.15, 0.2) is 48.5 Å². The summed E-state index contributed by atoms with van der Waals surface area (Å²) in [6.45, 7) is 6.43. The van der Waals surface area contributed by atoms with Crippen LogP contribution >= 0.6 is 0 Å². The number of hydrogen-bond donors (Lipinski definition) is 1. The molecule has 0 saturated carbocycles. The van der Waals surface area contributed by atoms with Crippen molar-refractivity contribution in [2.24, 2.45) is 0 Å². The minimum atomic E-state index is -0.502. The van der Waals surface area contributed by atoms with Gasteiger partial charge in [-0.1, -0.05) is 49.2 Å². The summed E-state index contributed by atoms with van der Waals surface area (Å²) < 4.78 is 5.24. The van der Waals surface area contributed by atoms with Gasteiger partial charge in [-0.2, -0.15) is 0 Å². The molecule has 0 aliphatic carbocycles. The fourth-order valence-electron chi connectivity index (χ4n) is 3.71. The van der Waals surface area contributed by atoms with Crippen molar-refractivity contribution in [2.75, 3.05) is 6.54 Å². The number of nitrogens with zero attached hydrogens (tertiary/aromatic N) is 1. The number of imide groups is 1. The van der Waals surface area contributed by atoms with E-state index in [1.807, 2.05) is 32.9 Å². The van der Waals surface area contributed by atoms with Crippen molar-refractivity contribution in [1.82, 2.24) is 10.2 Å². The molecular weight excluding hydrogens is 404 g/mol. The third kappa shape index (κ3) is 6.42. The lowest BCUT2D eigenvalue weighted by molar-refractivity contribution is 0.0522. The largest absolute Gasteiger partial charge is 0.444 e. The molecule has 170 valence electrons. The van der Waals surface area contributed by atoms with Crippen molar-refractivity contribution in [3.63, 3.8) is 0 Å². The number of carbonyl (C=O) groups excluding carboxylic acids is 3. The molecule has 3 amide bonds. The zero-order valence-corrected chi connectivity index (χ0v) is 19.1. The van der Waals surface area contributed by atoms with E-state index in [2.05, 4.69) is 17.4 Å². The minimum Gasteiger partial charge on any atom is -0.444 e. The predicted octanol–water partition coefficient (Wildman–Crippen LogP) is 5.11. The summed E-state index contributed by atoms with van der Waals surface area (Å²) in [5.41, 5.74) is 2.81. The van der Waals surface area contributed by atoms with E-state index in [-0.39, 0.29) is 11.8 Å². The van der Waals surface area contributed by atoms with Crippen LogP contribution in [-0.4, -0.2) is 35.0 Å². The van der Waals surface area contributed by atoms with Gasteiger partial charge in [-0.25, -0.2) is 4.79 Å². The number of nitrogens with one attached hydrogen (secondary N) is 1. The van der Waals surface area contributed by atoms with Crippen molar-refractivity contribution < 1.29 is 19.1 Å². The van der Waals surface area contributed by atoms with E-state index in [9.17, 15) is 14.4 Å². The standard InChI is InChI=1S/C26H32N2O4/c1-26(2,3)32-25(31)27-18-20-15-13-19(14-16-20)10-6-4-5-9-17-28-23(29)21-11-7-8-12-22(21)24(28)30/h7-8,11-16H,4-6,9-10,17-18H2,1-3H3,(H,27,31). The van der Waals surface area contributed by atoms with E-state index in [0.29, 0.717) is 24.2 Å². The molecule has 0 fully saturated rings. The highest BCUT2D eigenvalue weighted by Gasteiger charge is 2.34. The molecule has 6 nitrogen and oxygen atoms in total. The maximum Gasteiger partial charge on any atom is 0.407 e. The van der Waals surface area contributed by atoms with E-state index >= 15 is 0 Å². The van der Waals surface area contributed by atoms with Gasteiger partial charge >= 0.3 is 6.09 Å². The van der Waals surface area contributed by atoms with E-state index in [0.717, 1.165) is 37.7 Å². The van der Waals surface area contributed by atoms with Crippen LogP contribution in [0.2, 0.25) is 0 Å². The third-order valence-corrected chi connectivity index (χ3v) is 5.33. The van der Waals surface area contributed by atoms with Gasteiger partial charge in [-0.05, 0) is 63.3 Å². The van der Waals surface area contributed by atoms with Crippen LogP contribution in [0.3, 0.4) is 0 Å². The molecule has 0 saturated heterocycles. The Morgan fingerprint density at radius 2 is 1.41 bits per heavy atom. The topological polar surface area (TPSA) is 75.7 Å². The van der Waals surface area contributed by atoms with Crippen LogP contribution < -0.4 is 5.32 Å². The lowest BCUT2D eigenvalue weighted by Gasteiger charge is -2.19. The highest BCUT2D eigenvalue weighted by Crippen LogP contribution is 2.23. The van der Waals surface area contributed by atoms with Crippen molar-refractivity contribution in [1.29, 1.82) is 0 Å². The summed E-state index contributed by atoms with van der Waals surface area (Å²) in [5.74, 6) is -0.348. The first-order valence-corrected chi connectivity index (χ1v) is 11.2. The number of aryl methyl sites for hydroxylation is 1. The average Bonchev–Trinajstić information content (AvgIpc) is 2.99. The first kappa shape index (κ1) is 23.5. The van der Waals surface area contributed by atoms with Gasteiger partial charge in [0.2, 0.25) is 0 Å². The predicted molar refractivity (Wildman–Crippen MR) is 123 cm³/mol. The molecule has 1 aliphatic rings. The van der Waals surface area contributed by atoms with Crippen molar-refractivity contribution in [2.45, 2.75) is 65.0 Å². The Morgan fingerprint density at radius 3 is 2.00 bits per heavy atom. The number of ether oxygens (including phenoxy) is 1. The summed E-state index contributed by atoms with van der Waals surface area (Å²) in [6, 6.07) is 15.2. The van der Waals surface area contributed by atoms with Gasteiger partial charge in [0.05, 0.1) is 11.1 Å². The monoisotopic (exact) mass is 436 g/mol. The Balaban J connectivity index is 1.31. The Bertz CT molecular complexity index is 926. The van der Waals surface area contributed by atoms with Crippen LogP contribution in [0.4, 0.5) is 4.79 Å². The highest BCUT2D eigenvalue weighted by atomic mass is 16.6. The summed E-state index contributed by atoms with van der Waals surface area (Å²) in [4.78, 5) is 37.8. The average molecular weight is 437 g/mol. The number of benzene rings is 2. The molecule has 0 bridgehead atoms. The molecule has 6 heteroatoms. The molecule has 2 aromatic rings. The lowest BCUT2D eigenvalue weighted by atomic mass is 10.0. The second kappa shape index (κ2) is 10.4. The van der Waals surface area contributed by atoms with Crippen LogP contribution in [0.25, 0.3) is 0 Å². The van der Waals surface area contributed by atoms with Gasteiger partial charge in [-0.15, -0.1) is 0 Å². The molecule has 32 heavy (non-hydrogen) atoms. The molecule has 1 heterocycles. The number of amides is 3. The van der Waals surface area contributed by atoms with Gasteiger partial charge in [0.15, 0.2) is 0 Å². The number of fused-ring (bicyclic) bond motifs is 1. The zero-order chi connectivity index (χ0) is 23.1. The van der Waals surface area contributed by atoms with Crippen molar-refractivity contribution in [3.05, 3.63) is 70.8 Å². The van der Waals surface area contributed by atoms with Gasteiger partial charge in [0.1, 0.15) is 5.60 Å². The molecule has 0 atom stereocenters.